The number of hydroxylamine groups is 1. The Bertz CT molecular complexity index is 787. The molecule has 0 saturated carbocycles. The standard InChI is InChI=1S/C17H18N2O4S/c1-2-12-18-24(21,22)16-10-8-15(9-11-16)17(20)19-23-13-14-6-4-3-5-7-14/h2-11,18H,1,12-13H2,(H,19,20). The third-order valence-electron chi connectivity index (χ3n) is 3.09. The SMILES string of the molecule is C=CCNS(=O)(=O)c1ccc(C(=O)NOCc2ccccc2)cc1. The lowest BCUT2D eigenvalue weighted by molar-refractivity contribution is 0.0233. The fraction of sp³-hybridized carbons (Fsp3) is 0.118. The van der Waals surface area contributed by atoms with Gasteiger partial charge in [-0.05, 0) is 29.8 Å². The minimum atomic E-state index is -3.60. The lowest BCUT2D eigenvalue weighted by Gasteiger charge is -2.08. The first-order chi connectivity index (χ1) is 11.5. The van der Waals surface area contributed by atoms with Crippen LogP contribution in [-0.2, 0) is 21.5 Å². The third-order valence-corrected chi connectivity index (χ3v) is 4.53. The number of benzene rings is 2. The van der Waals surface area contributed by atoms with E-state index in [9.17, 15) is 13.2 Å². The summed E-state index contributed by atoms with van der Waals surface area (Å²) in [6.07, 6.45) is 1.45. The van der Waals surface area contributed by atoms with E-state index in [1.807, 2.05) is 30.3 Å². The minimum absolute atomic E-state index is 0.0751. The fourth-order valence-electron chi connectivity index (χ4n) is 1.86. The number of amides is 1. The summed E-state index contributed by atoms with van der Waals surface area (Å²) < 4.78 is 26.2. The summed E-state index contributed by atoms with van der Waals surface area (Å²) in [7, 11) is -3.60. The molecule has 2 aromatic carbocycles. The average molecular weight is 346 g/mol. The van der Waals surface area contributed by atoms with Gasteiger partial charge >= 0.3 is 0 Å². The molecule has 2 rings (SSSR count). The normalized spacial score (nSPS) is 11.0. The largest absolute Gasteiger partial charge is 0.274 e. The van der Waals surface area contributed by atoms with E-state index < -0.39 is 15.9 Å². The number of sulfonamides is 1. The van der Waals surface area contributed by atoms with Gasteiger partial charge in [0.05, 0.1) is 11.5 Å². The van der Waals surface area contributed by atoms with E-state index in [0.29, 0.717) is 5.56 Å². The van der Waals surface area contributed by atoms with Crippen molar-refractivity contribution < 1.29 is 18.0 Å². The maximum Gasteiger partial charge on any atom is 0.274 e. The molecule has 0 saturated heterocycles. The van der Waals surface area contributed by atoms with Crippen molar-refractivity contribution in [1.82, 2.24) is 10.2 Å². The van der Waals surface area contributed by atoms with E-state index in [0.717, 1.165) is 5.56 Å². The van der Waals surface area contributed by atoms with Gasteiger partial charge in [0.2, 0.25) is 10.0 Å². The number of nitrogens with one attached hydrogen (secondary N) is 2. The van der Waals surface area contributed by atoms with Crippen molar-refractivity contribution in [3.05, 3.63) is 78.4 Å². The zero-order chi connectivity index (χ0) is 17.4. The molecule has 6 nitrogen and oxygen atoms in total. The van der Waals surface area contributed by atoms with Crippen molar-refractivity contribution in [2.75, 3.05) is 6.54 Å². The molecule has 0 spiro atoms. The van der Waals surface area contributed by atoms with Gasteiger partial charge in [-0.1, -0.05) is 36.4 Å². The predicted molar refractivity (Wildman–Crippen MR) is 90.5 cm³/mol. The van der Waals surface area contributed by atoms with Crippen molar-refractivity contribution in [3.63, 3.8) is 0 Å². The number of carbonyl (C=O) groups excluding carboxylic acids is 1. The van der Waals surface area contributed by atoms with Gasteiger partial charge in [0.25, 0.3) is 5.91 Å². The second kappa shape index (κ2) is 8.39. The molecule has 0 unspecified atom stereocenters. The third kappa shape index (κ3) is 5.02. The van der Waals surface area contributed by atoms with Crippen LogP contribution in [0.15, 0.2) is 72.1 Å². The first-order valence-electron chi connectivity index (χ1n) is 7.19. The van der Waals surface area contributed by atoms with Gasteiger partial charge in [0, 0.05) is 12.1 Å². The molecule has 2 aromatic rings. The van der Waals surface area contributed by atoms with Crippen LogP contribution in [0.3, 0.4) is 0 Å². The highest BCUT2D eigenvalue weighted by molar-refractivity contribution is 7.89. The summed E-state index contributed by atoms with van der Waals surface area (Å²) in [4.78, 5) is 17.2. The zero-order valence-electron chi connectivity index (χ0n) is 12.9. The van der Waals surface area contributed by atoms with E-state index in [1.54, 1.807) is 0 Å². The maximum atomic E-state index is 12.0. The van der Waals surface area contributed by atoms with Crippen molar-refractivity contribution >= 4 is 15.9 Å². The van der Waals surface area contributed by atoms with E-state index in [2.05, 4.69) is 16.8 Å². The number of hydrogen-bond donors (Lipinski definition) is 2. The average Bonchev–Trinajstić information content (AvgIpc) is 2.61. The monoisotopic (exact) mass is 346 g/mol. The number of hydrogen-bond acceptors (Lipinski definition) is 4. The molecular weight excluding hydrogens is 328 g/mol. The van der Waals surface area contributed by atoms with Crippen molar-refractivity contribution in [2.24, 2.45) is 0 Å². The van der Waals surface area contributed by atoms with Crippen LogP contribution in [0.1, 0.15) is 15.9 Å². The zero-order valence-corrected chi connectivity index (χ0v) is 13.8. The lowest BCUT2D eigenvalue weighted by atomic mass is 10.2. The summed E-state index contributed by atoms with van der Waals surface area (Å²) in [5, 5.41) is 0. The van der Waals surface area contributed by atoms with Crippen LogP contribution in [0.25, 0.3) is 0 Å². The second-order valence-electron chi connectivity index (χ2n) is 4.87. The highest BCUT2D eigenvalue weighted by Crippen LogP contribution is 2.10. The van der Waals surface area contributed by atoms with Gasteiger partial charge in [-0.3, -0.25) is 9.63 Å². The van der Waals surface area contributed by atoms with Crippen LogP contribution in [0.2, 0.25) is 0 Å². The number of carbonyl (C=O) groups is 1. The molecule has 0 aliphatic heterocycles. The van der Waals surface area contributed by atoms with Crippen LogP contribution in [0, 0.1) is 0 Å². The van der Waals surface area contributed by atoms with Gasteiger partial charge in [-0.15, -0.1) is 6.58 Å². The van der Waals surface area contributed by atoms with Crippen molar-refractivity contribution in [3.8, 4) is 0 Å². The van der Waals surface area contributed by atoms with Crippen LogP contribution in [0.5, 0.6) is 0 Å². The van der Waals surface area contributed by atoms with Gasteiger partial charge in [-0.25, -0.2) is 18.6 Å². The summed E-state index contributed by atoms with van der Waals surface area (Å²) in [6, 6.07) is 15.0. The van der Waals surface area contributed by atoms with Crippen LogP contribution < -0.4 is 10.2 Å². The first kappa shape index (κ1) is 17.9. The van der Waals surface area contributed by atoms with Crippen LogP contribution in [0.4, 0.5) is 0 Å². The fourth-order valence-corrected chi connectivity index (χ4v) is 2.85. The first-order valence-corrected chi connectivity index (χ1v) is 8.68. The minimum Gasteiger partial charge on any atom is -0.269 e. The predicted octanol–water partition coefficient (Wildman–Crippen LogP) is 2.01. The van der Waals surface area contributed by atoms with Gasteiger partial charge < -0.3 is 0 Å². The lowest BCUT2D eigenvalue weighted by Crippen LogP contribution is -2.25. The molecule has 24 heavy (non-hydrogen) atoms. The molecule has 126 valence electrons. The summed E-state index contributed by atoms with van der Waals surface area (Å²) in [6.45, 7) is 3.83. The van der Waals surface area contributed by atoms with Gasteiger partial charge in [0.1, 0.15) is 0 Å². The Hall–Kier alpha value is -2.48. The molecule has 0 aliphatic carbocycles. The summed E-state index contributed by atoms with van der Waals surface area (Å²) >= 11 is 0. The Kier molecular flexibility index (Phi) is 6.25. The Morgan fingerprint density at radius 3 is 2.38 bits per heavy atom. The summed E-state index contributed by atoms with van der Waals surface area (Å²) in [5.74, 6) is -0.450. The molecule has 2 N–H and O–H groups in total. The highest BCUT2D eigenvalue weighted by Gasteiger charge is 2.13. The van der Waals surface area contributed by atoms with Crippen LogP contribution in [-0.4, -0.2) is 20.9 Å². The van der Waals surface area contributed by atoms with Crippen molar-refractivity contribution in [1.29, 1.82) is 0 Å². The molecule has 0 aromatic heterocycles. The summed E-state index contributed by atoms with van der Waals surface area (Å²) in [5.41, 5.74) is 3.54. The van der Waals surface area contributed by atoms with E-state index in [-0.39, 0.29) is 18.0 Å². The Labute approximate surface area is 141 Å². The van der Waals surface area contributed by atoms with Gasteiger partial charge in [-0.2, -0.15) is 0 Å². The molecule has 0 bridgehead atoms. The Morgan fingerprint density at radius 1 is 1.08 bits per heavy atom. The highest BCUT2D eigenvalue weighted by atomic mass is 32.2. The smallest absolute Gasteiger partial charge is 0.269 e. The van der Waals surface area contributed by atoms with E-state index in [1.165, 1.54) is 30.3 Å². The second-order valence-corrected chi connectivity index (χ2v) is 6.64. The molecule has 0 atom stereocenters. The molecule has 1 amide bonds. The van der Waals surface area contributed by atoms with Crippen LogP contribution >= 0.6 is 0 Å². The van der Waals surface area contributed by atoms with Gasteiger partial charge in [0.15, 0.2) is 0 Å². The van der Waals surface area contributed by atoms with E-state index >= 15 is 0 Å². The molecule has 0 radical (unpaired) electrons. The quantitative estimate of drug-likeness (QED) is 0.566. The Morgan fingerprint density at radius 2 is 1.75 bits per heavy atom. The Balaban J connectivity index is 1.92. The molecule has 7 heteroatoms. The topological polar surface area (TPSA) is 84.5 Å². The number of rotatable bonds is 8. The molecular formula is C17H18N2O4S. The molecule has 0 fully saturated rings. The maximum absolute atomic E-state index is 12.0. The van der Waals surface area contributed by atoms with Crippen molar-refractivity contribution in [2.45, 2.75) is 11.5 Å². The van der Waals surface area contributed by atoms with E-state index in [4.69, 9.17) is 4.84 Å². The molecule has 0 aliphatic rings. The molecule has 0 heterocycles.